The van der Waals surface area contributed by atoms with Crippen LogP contribution in [-0.4, -0.2) is 22.7 Å². The van der Waals surface area contributed by atoms with E-state index in [0.29, 0.717) is 17.5 Å². The van der Waals surface area contributed by atoms with Crippen LogP contribution in [0.5, 0.6) is 0 Å². The van der Waals surface area contributed by atoms with Crippen molar-refractivity contribution in [1.29, 1.82) is 0 Å². The SMILES string of the molecule is FC(F)(F)c1ccc2nc(CCC3CCCO3)[nH]c2c1. The minimum Gasteiger partial charge on any atom is -0.378 e. The Balaban J connectivity index is 1.76. The van der Waals surface area contributed by atoms with Crippen LogP contribution in [0.4, 0.5) is 13.2 Å². The van der Waals surface area contributed by atoms with E-state index in [1.165, 1.54) is 6.07 Å². The number of aromatic nitrogens is 2. The number of aromatic amines is 1. The first-order valence-corrected chi connectivity index (χ1v) is 6.70. The van der Waals surface area contributed by atoms with Gasteiger partial charge in [0, 0.05) is 13.0 Å². The number of hydrogen-bond acceptors (Lipinski definition) is 2. The van der Waals surface area contributed by atoms with E-state index in [-0.39, 0.29) is 6.10 Å². The molecule has 1 fully saturated rings. The van der Waals surface area contributed by atoms with Crippen LogP contribution in [0.2, 0.25) is 0 Å². The van der Waals surface area contributed by atoms with Crippen molar-refractivity contribution >= 4 is 11.0 Å². The number of halogens is 3. The largest absolute Gasteiger partial charge is 0.416 e. The summed E-state index contributed by atoms with van der Waals surface area (Å²) in [5.74, 6) is 0.717. The summed E-state index contributed by atoms with van der Waals surface area (Å²) in [5.41, 5.74) is 0.349. The van der Waals surface area contributed by atoms with Gasteiger partial charge in [-0.05, 0) is 37.5 Å². The van der Waals surface area contributed by atoms with E-state index in [0.717, 1.165) is 43.8 Å². The molecule has 108 valence electrons. The van der Waals surface area contributed by atoms with Crippen LogP contribution in [0.15, 0.2) is 18.2 Å². The van der Waals surface area contributed by atoms with Crippen molar-refractivity contribution in [1.82, 2.24) is 9.97 Å². The van der Waals surface area contributed by atoms with E-state index in [1.807, 2.05) is 0 Å². The molecule has 1 aromatic carbocycles. The Morgan fingerprint density at radius 2 is 2.20 bits per heavy atom. The summed E-state index contributed by atoms with van der Waals surface area (Å²) in [7, 11) is 0. The maximum atomic E-state index is 12.6. The summed E-state index contributed by atoms with van der Waals surface area (Å²) < 4.78 is 43.4. The number of benzene rings is 1. The molecule has 0 saturated carbocycles. The van der Waals surface area contributed by atoms with Gasteiger partial charge in [-0.15, -0.1) is 0 Å². The highest BCUT2D eigenvalue weighted by Gasteiger charge is 2.30. The van der Waals surface area contributed by atoms with Crippen LogP contribution < -0.4 is 0 Å². The quantitative estimate of drug-likeness (QED) is 0.933. The highest BCUT2D eigenvalue weighted by molar-refractivity contribution is 5.76. The van der Waals surface area contributed by atoms with Crippen molar-refractivity contribution in [2.45, 2.75) is 38.0 Å². The van der Waals surface area contributed by atoms with Gasteiger partial charge in [-0.25, -0.2) is 4.98 Å². The molecule has 20 heavy (non-hydrogen) atoms. The molecule has 1 aromatic heterocycles. The van der Waals surface area contributed by atoms with Crippen LogP contribution in [-0.2, 0) is 17.3 Å². The molecule has 3 rings (SSSR count). The number of rotatable bonds is 3. The number of imidazole rings is 1. The first kappa shape index (κ1) is 13.4. The van der Waals surface area contributed by atoms with Gasteiger partial charge >= 0.3 is 6.18 Å². The Kier molecular flexibility index (Phi) is 3.41. The number of ether oxygens (including phenoxy) is 1. The molecule has 3 nitrogen and oxygen atoms in total. The zero-order valence-electron chi connectivity index (χ0n) is 10.8. The fourth-order valence-corrected chi connectivity index (χ4v) is 2.53. The Morgan fingerprint density at radius 3 is 2.90 bits per heavy atom. The first-order chi connectivity index (χ1) is 9.52. The normalized spacial score (nSPS) is 19.9. The molecule has 0 spiro atoms. The minimum atomic E-state index is -4.32. The average molecular weight is 284 g/mol. The summed E-state index contributed by atoms with van der Waals surface area (Å²) in [6.07, 6.45) is -0.379. The van der Waals surface area contributed by atoms with E-state index in [4.69, 9.17) is 4.74 Å². The molecule has 0 radical (unpaired) electrons. The predicted octanol–water partition coefficient (Wildman–Crippen LogP) is 3.69. The zero-order chi connectivity index (χ0) is 14.2. The maximum Gasteiger partial charge on any atom is 0.416 e. The first-order valence-electron chi connectivity index (χ1n) is 6.70. The summed E-state index contributed by atoms with van der Waals surface area (Å²) in [6, 6.07) is 3.58. The third-order valence-corrected chi connectivity index (χ3v) is 3.59. The number of nitrogens with zero attached hydrogens (tertiary/aromatic N) is 1. The van der Waals surface area contributed by atoms with Crippen LogP contribution in [0, 0.1) is 0 Å². The molecule has 1 aliphatic rings. The fraction of sp³-hybridized carbons (Fsp3) is 0.500. The Hall–Kier alpha value is -1.56. The van der Waals surface area contributed by atoms with E-state index >= 15 is 0 Å². The van der Waals surface area contributed by atoms with Crippen molar-refractivity contribution in [3.8, 4) is 0 Å². The highest BCUT2D eigenvalue weighted by atomic mass is 19.4. The van der Waals surface area contributed by atoms with Gasteiger partial charge in [0.1, 0.15) is 5.82 Å². The number of H-pyrrole nitrogens is 1. The molecule has 1 atom stereocenters. The molecule has 0 amide bonds. The van der Waals surface area contributed by atoms with Crippen LogP contribution in [0.3, 0.4) is 0 Å². The molecule has 0 bridgehead atoms. The monoisotopic (exact) mass is 284 g/mol. The number of aryl methyl sites for hydroxylation is 1. The molecular weight excluding hydrogens is 269 g/mol. The third kappa shape index (κ3) is 2.80. The second-order valence-electron chi connectivity index (χ2n) is 5.09. The molecule has 1 N–H and O–H groups in total. The lowest BCUT2D eigenvalue weighted by Crippen LogP contribution is -2.06. The number of fused-ring (bicyclic) bond motifs is 1. The number of alkyl halides is 3. The molecule has 1 saturated heterocycles. The Labute approximate surface area is 114 Å². The van der Waals surface area contributed by atoms with Crippen LogP contribution >= 0.6 is 0 Å². The van der Waals surface area contributed by atoms with Gasteiger partial charge < -0.3 is 9.72 Å². The average Bonchev–Trinajstić information content (AvgIpc) is 3.03. The van der Waals surface area contributed by atoms with Gasteiger partial charge in [0.05, 0.1) is 22.7 Å². The molecule has 1 unspecified atom stereocenters. The topological polar surface area (TPSA) is 37.9 Å². The van der Waals surface area contributed by atoms with Crippen molar-refractivity contribution < 1.29 is 17.9 Å². The predicted molar refractivity (Wildman–Crippen MR) is 68.4 cm³/mol. The van der Waals surface area contributed by atoms with E-state index in [9.17, 15) is 13.2 Å². The van der Waals surface area contributed by atoms with Gasteiger partial charge in [0.25, 0.3) is 0 Å². The summed E-state index contributed by atoms with van der Waals surface area (Å²) >= 11 is 0. The molecule has 1 aliphatic heterocycles. The van der Waals surface area contributed by atoms with Gasteiger partial charge in [-0.2, -0.15) is 13.2 Å². The van der Waals surface area contributed by atoms with Crippen LogP contribution in [0.1, 0.15) is 30.7 Å². The van der Waals surface area contributed by atoms with Gasteiger partial charge in [0.2, 0.25) is 0 Å². The molecule has 6 heteroatoms. The fourth-order valence-electron chi connectivity index (χ4n) is 2.53. The standard InChI is InChI=1S/C14H15F3N2O/c15-14(16,17)9-3-5-11-12(8-9)19-13(18-11)6-4-10-2-1-7-20-10/h3,5,8,10H,1-2,4,6-7H2,(H,18,19). The lowest BCUT2D eigenvalue weighted by molar-refractivity contribution is -0.137. The van der Waals surface area contributed by atoms with E-state index < -0.39 is 11.7 Å². The van der Waals surface area contributed by atoms with E-state index in [1.54, 1.807) is 0 Å². The van der Waals surface area contributed by atoms with Crippen LogP contribution in [0.25, 0.3) is 11.0 Å². The van der Waals surface area contributed by atoms with E-state index in [2.05, 4.69) is 9.97 Å². The number of nitrogens with one attached hydrogen (secondary N) is 1. The Morgan fingerprint density at radius 1 is 1.35 bits per heavy atom. The lowest BCUT2D eigenvalue weighted by Gasteiger charge is -2.06. The van der Waals surface area contributed by atoms with Gasteiger partial charge in [0.15, 0.2) is 0 Å². The Bertz CT molecular complexity index is 600. The van der Waals surface area contributed by atoms with Crippen molar-refractivity contribution in [2.75, 3.05) is 6.61 Å². The smallest absolute Gasteiger partial charge is 0.378 e. The minimum absolute atomic E-state index is 0.258. The van der Waals surface area contributed by atoms with Crippen molar-refractivity contribution in [2.24, 2.45) is 0 Å². The zero-order valence-corrected chi connectivity index (χ0v) is 10.8. The van der Waals surface area contributed by atoms with Gasteiger partial charge in [-0.1, -0.05) is 0 Å². The molecular formula is C14H15F3N2O. The lowest BCUT2D eigenvalue weighted by atomic mass is 10.1. The second-order valence-corrected chi connectivity index (χ2v) is 5.09. The highest BCUT2D eigenvalue weighted by Crippen LogP contribution is 2.31. The molecule has 0 aliphatic carbocycles. The second kappa shape index (κ2) is 5.09. The maximum absolute atomic E-state index is 12.6. The summed E-state index contributed by atoms with van der Waals surface area (Å²) in [4.78, 5) is 7.28. The number of hydrogen-bond donors (Lipinski definition) is 1. The third-order valence-electron chi connectivity index (χ3n) is 3.59. The molecule has 2 aromatic rings. The van der Waals surface area contributed by atoms with Crippen molar-refractivity contribution in [3.63, 3.8) is 0 Å². The summed E-state index contributed by atoms with van der Waals surface area (Å²) in [6.45, 7) is 0.805. The summed E-state index contributed by atoms with van der Waals surface area (Å²) in [5, 5.41) is 0. The van der Waals surface area contributed by atoms with Gasteiger partial charge in [-0.3, -0.25) is 0 Å². The van der Waals surface area contributed by atoms with Crippen molar-refractivity contribution in [3.05, 3.63) is 29.6 Å². The molecule has 2 heterocycles.